The SMILES string of the molecule is CC(CC1CCCCN1)Nc1ccc(F)c(C(F)(F)F)c1. The van der Waals surface area contributed by atoms with E-state index in [1.165, 1.54) is 18.9 Å². The second-order valence-electron chi connectivity index (χ2n) is 5.62. The zero-order valence-corrected chi connectivity index (χ0v) is 11.9. The fraction of sp³-hybridized carbons (Fsp3) is 0.600. The Kier molecular flexibility index (Phi) is 5.08. The molecule has 2 atom stereocenters. The third-order valence-electron chi connectivity index (χ3n) is 3.74. The Morgan fingerprint density at radius 1 is 1.33 bits per heavy atom. The predicted molar refractivity (Wildman–Crippen MR) is 74.7 cm³/mol. The van der Waals surface area contributed by atoms with Crippen LogP contribution in [0.5, 0.6) is 0 Å². The summed E-state index contributed by atoms with van der Waals surface area (Å²) in [4.78, 5) is 0. The largest absolute Gasteiger partial charge is 0.419 e. The molecule has 2 rings (SSSR count). The maximum atomic E-state index is 13.2. The number of hydrogen-bond acceptors (Lipinski definition) is 2. The van der Waals surface area contributed by atoms with Gasteiger partial charge in [-0.05, 0) is 50.9 Å². The van der Waals surface area contributed by atoms with Crippen molar-refractivity contribution in [3.05, 3.63) is 29.6 Å². The van der Waals surface area contributed by atoms with Crippen molar-refractivity contribution in [2.75, 3.05) is 11.9 Å². The summed E-state index contributed by atoms with van der Waals surface area (Å²) in [5.41, 5.74) is -0.928. The predicted octanol–water partition coefficient (Wildman–Crippen LogP) is 4.18. The maximum Gasteiger partial charge on any atom is 0.419 e. The van der Waals surface area contributed by atoms with Gasteiger partial charge < -0.3 is 10.6 Å². The molecule has 118 valence electrons. The molecule has 2 N–H and O–H groups in total. The van der Waals surface area contributed by atoms with Gasteiger partial charge in [-0.1, -0.05) is 6.42 Å². The van der Waals surface area contributed by atoms with Crippen LogP contribution in [0.2, 0.25) is 0 Å². The van der Waals surface area contributed by atoms with Crippen LogP contribution >= 0.6 is 0 Å². The molecule has 0 bridgehead atoms. The number of rotatable bonds is 4. The minimum absolute atomic E-state index is 0.0205. The normalized spacial score (nSPS) is 21.1. The molecule has 0 aliphatic carbocycles. The van der Waals surface area contributed by atoms with Crippen molar-refractivity contribution in [2.24, 2.45) is 0 Å². The van der Waals surface area contributed by atoms with Crippen LogP contribution in [0.15, 0.2) is 18.2 Å². The van der Waals surface area contributed by atoms with Crippen LogP contribution in [0, 0.1) is 5.82 Å². The molecule has 1 saturated heterocycles. The maximum absolute atomic E-state index is 13.2. The molecule has 2 unspecified atom stereocenters. The molecule has 0 saturated carbocycles. The van der Waals surface area contributed by atoms with E-state index in [0.29, 0.717) is 11.7 Å². The second kappa shape index (κ2) is 6.64. The minimum Gasteiger partial charge on any atom is -0.383 e. The number of piperidine rings is 1. The first-order valence-electron chi connectivity index (χ1n) is 7.23. The summed E-state index contributed by atoms with van der Waals surface area (Å²) in [5, 5.41) is 6.42. The summed E-state index contributed by atoms with van der Waals surface area (Å²) >= 11 is 0. The van der Waals surface area contributed by atoms with E-state index >= 15 is 0 Å². The van der Waals surface area contributed by atoms with Crippen molar-refractivity contribution in [1.29, 1.82) is 0 Å². The topological polar surface area (TPSA) is 24.1 Å². The van der Waals surface area contributed by atoms with Gasteiger partial charge in [0.25, 0.3) is 0 Å². The lowest BCUT2D eigenvalue weighted by atomic mass is 9.98. The summed E-state index contributed by atoms with van der Waals surface area (Å²) in [6, 6.07) is 3.45. The molecule has 6 heteroatoms. The van der Waals surface area contributed by atoms with Gasteiger partial charge in [-0.15, -0.1) is 0 Å². The molecule has 1 fully saturated rings. The zero-order chi connectivity index (χ0) is 15.5. The highest BCUT2D eigenvalue weighted by Gasteiger charge is 2.34. The number of benzene rings is 1. The van der Waals surface area contributed by atoms with Crippen molar-refractivity contribution >= 4 is 5.69 Å². The van der Waals surface area contributed by atoms with Crippen LogP contribution in [0.3, 0.4) is 0 Å². The van der Waals surface area contributed by atoms with Gasteiger partial charge in [0.2, 0.25) is 0 Å². The van der Waals surface area contributed by atoms with Gasteiger partial charge in [0.1, 0.15) is 5.82 Å². The Balaban J connectivity index is 1.98. The molecular formula is C15H20F4N2. The van der Waals surface area contributed by atoms with Crippen LogP contribution < -0.4 is 10.6 Å². The van der Waals surface area contributed by atoms with E-state index in [0.717, 1.165) is 31.5 Å². The van der Waals surface area contributed by atoms with Crippen LogP contribution in [0.1, 0.15) is 38.2 Å². The van der Waals surface area contributed by atoms with Crippen molar-refractivity contribution < 1.29 is 17.6 Å². The summed E-state index contributed by atoms with van der Waals surface area (Å²) in [6.07, 6.45) is -0.401. The Morgan fingerprint density at radius 2 is 2.10 bits per heavy atom. The summed E-state index contributed by atoms with van der Waals surface area (Å²) in [5.74, 6) is -1.24. The molecule has 0 aromatic heterocycles. The van der Waals surface area contributed by atoms with Gasteiger partial charge in [0.15, 0.2) is 0 Å². The summed E-state index contributed by atoms with van der Waals surface area (Å²) < 4.78 is 51.2. The highest BCUT2D eigenvalue weighted by Crippen LogP contribution is 2.33. The number of hydrogen-bond donors (Lipinski definition) is 2. The molecule has 2 nitrogen and oxygen atoms in total. The number of anilines is 1. The molecule has 0 amide bonds. The van der Waals surface area contributed by atoms with E-state index < -0.39 is 17.6 Å². The molecule has 1 aromatic rings. The van der Waals surface area contributed by atoms with Crippen LogP contribution in [-0.2, 0) is 6.18 Å². The van der Waals surface area contributed by atoms with Gasteiger partial charge in [-0.2, -0.15) is 13.2 Å². The smallest absolute Gasteiger partial charge is 0.383 e. The Morgan fingerprint density at radius 3 is 2.71 bits per heavy atom. The molecule has 1 heterocycles. The lowest BCUT2D eigenvalue weighted by Crippen LogP contribution is -2.37. The Bertz CT molecular complexity index is 467. The molecule has 21 heavy (non-hydrogen) atoms. The molecule has 1 aromatic carbocycles. The molecule has 1 aliphatic rings. The third-order valence-corrected chi connectivity index (χ3v) is 3.74. The first kappa shape index (κ1) is 16.1. The average molecular weight is 304 g/mol. The molecular weight excluding hydrogens is 284 g/mol. The fourth-order valence-corrected chi connectivity index (χ4v) is 2.73. The van der Waals surface area contributed by atoms with Gasteiger partial charge >= 0.3 is 6.18 Å². The second-order valence-corrected chi connectivity index (χ2v) is 5.62. The lowest BCUT2D eigenvalue weighted by Gasteiger charge is -2.27. The Labute approximate surface area is 121 Å². The highest BCUT2D eigenvalue weighted by atomic mass is 19.4. The minimum atomic E-state index is -4.67. The van der Waals surface area contributed by atoms with Gasteiger partial charge in [-0.3, -0.25) is 0 Å². The van der Waals surface area contributed by atoms with Gasteiger partial charge in [-0.25, -0.2) is 4.39 Å². The van der Waals surface area contributed by atoms with Gasteiger partial charge in [0, 0.05) is 17.8 Å². The first-order chi connectivity index (χ1) is 9.86. The van der Waals surface area contributed by atoms with E-state index in [4.69, 9.17) is 0 Å². The van der Waals surface area contributed by atoms with Crippen molar-refractivity contribution in [1.82, 2.24) is 5.32 Å². The molecule has 0 radical (unpaired) electrons. The first-order valence-corrected chi connectivity index (χ1v) is 7.23. The zero-order valence-electron chi connectivity index (χ0n) is 11.9. The standard InChI is InChI=1S/C15H20F4N2/c1-10(8-11-4-2-3-7-20-11)21-12-5-6-14(16)13(9-12)15(17,18)19/h5-6,9-11,20-21H,2-4,7-8H2,1H3. The van der Waals surface area contributed by atoms with Crippen molar-refractivity contribution in [3.8, 4) is 0 Å². The van der Waals surface area contributed by atoms with Crippen LogP contribution in [-0.4, -0.2) is 18.6 Å². The van der Waals surface area contributed by atoms with E-state index in [-0.39, 0.29) is 6.04 Å². The highest BCUT2D eigenvalue weighted by molar-refractivity contribution is 5.47. The number of halogens is 4. The Hall–Kier alpha value is -1.30. The van der Waals surface area contributed by atoms with Crippen LogP contribution in [0.4, 0.5) is 23.2 Å². The van der Waals surface area contributed by atoms with Crippen LogP contribution in [0.25, 0.3) is 0 Å². The number of alkyl halides is 3. The molecule has 0 spiro atoms. The van der Waals surface area contributed by atoms with Gasteiger partial charge in [0.05, 0.1) is 5.56 Å². The monoisotopic (exact) mass is 304 g/mol. The van der Waals surface area contributed by atoms with Crippen molar-refractivity contribution in [3.63, 3.8) is 0 Å². The van der Waals surface area contributed by atoms with Crippen molar-refractivity contribution in [2.45, 2.75) is 50.9 Å². The summed E-state index contributed by atoms with van der Waals surface area (Å²) in [7, 11) is 0. The lowest BCUT2D eigenvalue weighted by molar-refractivity contribution is -0.139. The average Bonchev–Trinajstić information content (AvgIpc) is 2.41. The van der Waals surface area contributed by atoms with E-state index in [2.05, 4.69) is 10.6 Å². The van der Waals surface area contributed by atoms with E-state index in [9.17, 15) is 17.6 Å². The summed E-state index contributed by atoms with van der Waals surface area (Å²) in [6.45, 7) is 2.92. The fourth-order valence-electron chi connectivity index (χ4n) is 2.73. The third kappa shape index (κ3) is 4.59. The quantitative estimate of drug-likeness (QED) is 0.816. The molecule has 1 aliphatic heterocycles. The number of nitrogens with one attached hydrogen (secondary N) is 2. The van der Waals surface area contributed by atoms with E-state index in [1.54, 1.807) is 0 Å². The van der Waals surface area contributed by atoms with E-state index in [1.807, 2.05) is 6.92 Å².